The van der Waals surface area contributed by atoms with Crippen LogP contribution >= 0.6 is 0 Å². The molecule has 6 nitrogen and oxygen atoms in total. The van der Waals surface area contributed by atoms with E-state index in [0.717, 1.165) is 25.0 Å². The Morgan fingerprint density at radius 1 is 1.00 bits per heavy atom. The zero-order valence-electron chi connectivity index (χ0n) is 18.5. The molecule has 0 saturated heterocycles. The Hall–Kier alpha value is -2.86. The number of unbranched alkanes of at least 4 members (excludes halogenated alkanes) is 5. The number of aliphatic carboxylic acids is 1. The second-order valence-corrected chi connectivity index (χ2v) is 7.54. The van der Waals surface area contributed by atoms with Crippen LogP contribution in [0.25, 0.3) is 6.08 Å². The van der Waals surface area contributed by atoms with Gasteiger partial charge in [-0.05, 0) is 62.1 Å². The molecule has 2 N–H and O–H groups in total. The standard InChI is InChI=1S/C25H33NO5/c1-19(25(28)29)17-23-24(15-12-21(18-27)26-23)31-16-8-6-4-3-5-7-9-20-10-13-22(30-2)14-11-20/h10-15,17,27H,3-9,16,18H2,1-2H3,(H,28,29). The maximum absolute atomic E-state index is 11.1. The van der Waals surface area contributed by atoms with Gasteiger partial charge in [0.2, 0.25) is 0 Å². The molecule has 0 fully saturated rings. The van der Waals surface area contributed by atoms with Crippen molar-refractivity contribution in [2.75, 3.05) is 13.7 Å². The number of nitrogens with zero attached hydrogens (tertiary/aromatic N) is 1. The lowest BCUT2D eigenvalue weighted by Crippen LogP contribution is -2.03. The number of methoxy groups -OCH3 is 1. The number of hydrogen-bond donors (Lipinski definition) is 2. The first-order chi connectivity index (χ1) is 15.0. The molecule has 0 aliphatic rings. The molecule has 6 heteroatoms. The fourth-order valence-corrected chi connectivity index (χ4v) is 3.20. The first-order valence-corrected chi connectivity index (χ1v) is 10.8. The molecular formula is C25H33NO5. The van der Waals surface area contributed by atoms with Gasteiger partial charge in [-0.15, -0.1) is 0 Å². The number of hydrogen-bond acceptors (Lipinski definition) is 5. The number of aliphatic hydroxyl groups excluding tert-OH is 1. The number of aromatic nitrogens is 1. The topological polar surface area (TPSA) is 88.9 Å². The summed E-state index contributed by atoms with van der Waals surface area (Å²) in [6, 6.07) is 11.7. The lowest BCUT2D eigenvalue weighted by Gasteiger charge is -2.10. The molecule has 1 aromatic heterocycles. The highest BCUT2D eigenvalue weighted by atomic mass is 16.5. The Balaban J connectivity index is 1.66. The van der Waals surface area contributed by atoms with Crippen molar-refractivity contribution in [3.63, 3.8) is 0 Å². The van der Waals surface area contributed by atoms with Crippen LogP contribution in [0.3, 0.4) is 0 Å². The van der Waals surface area contributed by atoms with Gasteiger partial charge in [-0.25, -0.2) is 9.78 Å². The summed E-state index contributed by atoms with van der Waals surface area (Å²) in [7, 11) is 1.68. The minimum Gasteiger partial charge on any atom is -0.497 e. The third kappa shape index (κ3) is 8.80. The van der Waals surface area contributed by atoms with Crippen molar-refractivity contribution < 1.29 is 24.5 Å². The molecule has 168 valence electrons. The predicted octanol–water partition coefficient (Wildman–Crippen LogP) is 5.03. The molecule has 0 radical (unpaired) electrons. The van der Waals surface area contributed by atoms with E-state index in [-0.39, 0.29) is 12.2 Å². The number of ether oxygens (including phenoxy) is 2. The smallest absolute Gasteiger partial charge is 0.331 e. The van der Waals surface area contributed by atoms with Gasteiger partial charge in [0.15, 0.2) is 0 Å². The molecule has 1 heterocycles. The summed E-state index contributed by atoms with van der Waals surface area (Å²) in [4.78, 5) is 15.4. The van der Waals surface area contributed by atoms with Crippen LogP contribution in [0.4, 0.5) is 0 Å². The molecule has 0 spiro atoms. The maximum atomic E-state index is 11.1. The molecule has 1 aromatic carbocycles. The minimum atomic E-state index is -1.01. The minimum absolute atomic E-state index is 0.169. The molecule has 0 unspecified atom stereocenters. The lowest BCUT2D eigenvalue weighted by molar-refractivity contribution is -0.132. The third-order valence-electron chi connectivity index (χ3n) is 5.07. The summed E-state index contributed by atoms with van der Waals surface area (Å²) in [6.45, 7) is 1.86. The summed E-state index contributed by atoms with van der Waals surface area (Å²) < 4.78 is 11.0. The number of carbonyl (C=O) groups is 1. The van der Waals surface area contributed by atoms with Crippen LogP contribution in [0.2, 0.25) is 0 Å². The van der Waals surface area contributed by atoms with E-state index in [9.17, 15) is 9.90 Å². The second kappa shape index (κ2) is 13.4. The number of carboxylic acids is 1. The number of aliphatic hydroxyl groups is 1. The SMILES string of the molecule is COc1ccc(CCCCCCCCOc2ccc(CO)nc2C=C(C)C(=O)O)cc1. The van der Waals surface area contributed by atoms with E-state index in [2.05, 4.69) is 17.1 Å². The molecule has 0 atom stereocenters. The summed E-state index contributed by atoms with van der Waals surface area (Å²) in [5.74, 6) is 0.428. The first-order valence-electron chi connectivity index (χ1n) is 10.8. The Labute approximate surface area is 184 Å². The van der Waals surface area contributed by atoms with Crippen LogP contribution in [0.5, 0.6) is 11.5 Å². The van der Waals surface area contributed by atoms with Crippen LogP contribution in [-0.2, 0) is 17.8 Å². The zero-order valence-corrected chi connectivity index (χ0v) is 18.5. The molecule has 0 bridgehead atoms. The van der Waals surface area contributed by atoms with Crippen molar-refractivity contribution in [2.24, 2.45) is 0 Å². The zero-order chi connectivity index (χ0) is 22.5. The monoisotopic (exact) mass is 427 g/mol. The number of benzene rings is 1. The van der Waals surface area contributed by atoms with Crippen molar-refractivity contribution in [2.45, 2.75) is 58.5 Å². The van der Waals surface area contributed by atoms with Gasteiger partial charge < -0.3 is 19.7 Å². The average molecular weight is 428 g/mol. The molecule has 2 aromatic rings. The number of aryl methyl sites for hydroxylation is 1. The van der Waals surface area contributed by atoms with Gasteiger partial charge in [0.1, 0.15) is 17.2 Å². The summed E-state index contributed by atoms with van der Waals surface area (Å²) >= 11 is 0. The van der Waals surface area contributed by atoms with E-state index in [4.69, 9.17) is 14.6 Å². The van der Waals surface area contributed by atoms with Gasteiger partial charge >= 0.3 is 5.97 Å². The third-order valence-corrected chi connectivity index (χ3v) is 5.07. The van der Waals surface area contributed by atoms with E-state index in [1.807, 2.05) is 12.1 Å². The Morgan fingerprint density at radius 3 is 2.32 bits per heavy atom. The fourth-order valence-electron chi connectivity index (χ4n) is 3.20. The number of rotatable bonds is 14. The van der Waals surface area contributed by atoms with Gasteiger partial charge in [0, 0.05) is 5.57 Å². The highest BCUT2D eigenvalue weighted by molar-refractivity contribution is 5.91. The van der Waals surface area contributed by atoms with Crippen molar-refractivity contribution >= 4 is 12.0 Å². The van der Waals surface area contributed by atoms with Crippen molar-refractivity contribution in [3.8, 4) is 11.5 Å². The van der Waals surface area contributed by atoms with Crippen molar-refractivity contribution in [1.82, 2.24) is 4.98 Å². The quantitative estimate of drug-likeness (QED) is 0.325. The van der Waals surface area contributed by atoms with Crippen LogP contribution in [0.1, 0.15) is 62.4 Å². The van der Waals surface area contributed by atoms with Crippen LogP contribution in [-0.4, -0.2) is 34.9 Å². The second-order valence-electron chi connectivity index (χ2n) is 7.54. The molecule has 0 amide bonds. The normalized spacial score (nSPS) is 11.4. The van der Waals surface area contributed by atoms with E-state index < -0.39 is 5.97 Å². The Bertz CT molecular complexity index is 845. The summed E-state index contributed by atoms with van der Waals surface area (Å²) in [5, 5.41) is 18.4. The summed E-state index contributed by atoms with van der Waals surface area (Å²) in [5.41, 5.74) is 2.43. The first kappa shape index (κ1) is 24.4. The van der Waals surface area contributed by atoms with Gasteiger partial charge in [-0.3, -0.25) is 0 Å². The fraction of sp³-hybridized carbons (Fsp3) is 0.440. The van der Waals surface area contributed by atoms with E-state index >= 15 is 0 Å². The van der Waals surface area contributed by atoms with E-state index in [1.54, 1.807) is 19.2 Å². The predicted molar refractivity (Wildman–Crippen MR) is 121 cm³/mol. The van der Waals surface area contributed by atoms with E-state index in [1.165, 1.54) is 44.2 Å². The molecule has 2 rings (SSSR count). The van der Waals surface area contributed by atoms with Crippen molar-refractivity contribution in [1.29, 1.82) is 0 Å². The van der Waals surface area contributed by atoms with Gasteiger partial charge in [0.25, 0.3) is 0 Å². The lowest BCUT2D eigenvalue weighted by atomic mass is 10.0. The molecule has 0 saturated carbocycles. The number of pyridine rings is 1. The molecule has 31 heavy (non-hydrogen) atoms. The largest absolute Gasteiger partial charge is 0.497 e. The van der Waals surface area contributed by atoms with Crippen LogP contribution in [0, 0.1) is 0 Å². The molecular weight excluding hydrogens is 394 g/mol. The maximum Gasteiger partial charge on any atom is 0.331 e. The Morgan fingerprint density at radius 2 is 1.68 bits per heavy atom. The van der Waals surface area contributed by atoms with E-state index in [0.29, 0.717) is 23.7 Å². The molecule has 0 aliphatic carbocycles. The average Bonchev–Trinajstić information content (AvgIpc) is 2.78. The van der Waals surface area contributed by atoms with Gasteiger partial charge in [-0.1, -0.05) is 37.8 Å². The number of carboxylic acid groups (broad SMARTS) is 1. The van der Waals surface area contributed by atoms with Crippen molar-refractivity contribution in [3.05, 3.63) is 58.9 Å². The van der Waals surface area contributed by atoms with Gasteiger partial charge in [0.05, 0.1) is 26.0 Å². The Kier molecular flexibility index (Phi) is 10.6. The van der Waals surface area contributed by atoms with Crippen LogP contribution < -0.4 is 9.47 Å². The van der Waals surface area contributed by atoms with Gasteiger partial charge in [-0.2, -0.15) is 0 Å². The van der Waals surface area contributed by atoms with Crippen LogP contribution in [0.15, 0.2) is 42.0 Å². The highest BCUT2D eigenvalue weighted by Gasteiger charge is 2.08. The summed E-state index contributed by atoms with van der Waals surface area (Å²) in [6.07, 6.45) is 9.35. The molecule has 0 aliphatic heterocycles. The highest BCUT2D eigenvalue weighted by Crippen LogP contribution is 2.21.